The van der Waals surface area contributed by atoms with E-state index in [1.165, 1.54) is 29.2 Å². The van der Waals surface area contributed by atoms with Crippen LogP contribution in [0.25, 0.3) is 11.3 Å². The molecular formula is C19H15N3O4S2. The Morgan fingerprint density at radius 2 is 2.18 bits per heavy atom. The molecule has 0 aliphatic carbocycles. The third kappa shape index (κ3) is 3.58. The van der Waals surface area contributed by atoms with Crippen molar-refractivity contribution in [1.82, 2.24) is 4.98 Å². The van der Waals surface area contributed by atoms with Gasteiger partial charge in [-0.3, -0.25) is 20.2 Å². The van der Waals surface area contributed by atoms with E-state index in [-0.39, 0.29) is 11.3 Å². The number of nitro benzene ring substituents is 1. The SMILES string of the molecule is CSc1ccc(C(=O)Nc2nc(-c3ccc4c(c3)CCO4)cs2)cc1[N+](=O)[O-]. The number of ether oxygens (including phenoxy) is 1. The zero-order valence-electron chi connectivity index (χ0n) is 14.8. The number of thioether (sulfide) groups is 1. The molecule has 4 rings (SSSR count). The Labute approximate surface area is 168 Å². The van der Waals surface area contributed by atoms with Crippen LogP contribution in [0, 0.1) is 10.1 Å². The maximum absolute atomic E-state index is 12.5. The number of nitrogens with one attached hydrogen (secondary N) is 1. The number of anilines is 1. The van der Waals surface area contributed by atoms with Gasteiger partial charge in [-0.1, -0.05) is 0 Å². The van der Waals surface area contributed by atoms with Crippen LogP contribution in [0.2, 0.25) is 0 Å². The number of carbonyl (C=O) groups is 1. The Bertz CT molecular complexity index is 1080. The van der Waals surface area contributed by atoms with Crippen LogP contribution in [0.15, 0.2) is 46.7 Å². The van der Waals surface area contributed by atoms with E-state index in [0.29, 0.717) is 16.6 Å². The average molecular weight is 413 g/mol. The first-order valence-electron chi connectivity index (χ1n) is 8.40. The molecule has 1 aliphatic heterocycles. The lowest BCUT2D eigenvalue weighted by atomic mass is 10.1. The van der Waals surface area contributed by atoms with E-state index in [1.54, 1.807) is 18.4 Å². The van der Waals surface area contributed by atoms with Crippen molar-refractivity contribution in [2.24, 2.45) is 0 Å². The van der Waals surface area contributed by atoms with Crippen molar-refractivity contribution in [2.45, 2.75) is 11.3 Å². The molecule has 1 aliphatic rings. The highest BCUT2D eigenvalue weighted by atomic mass is 32.2. The Kier molecular flexibility index (Phi) is 5.01. The second-order valence-corrected chi connectivity index (χ2v) is 7.76. The molecular weight excluding hydrogens is 398 g/mol. The highest BCUT2D eigenvalue weighted by Gasteiger charge is 2.18. The monoisotopic (exact) mass is 413 g/mol. The maximum Gasteiger partial charge on any atom is 0.283 e. The number of thiazole rings is 1. The van der Waals surface area contributed by atoms with Gasteiger partial charge in [0, 0.05) is 29.0 Å². The first kappa shape index (κ1) is 18.5. The van der Waals surface area contributed by atoms with Gasteiger partial charge >= 0.3 is 0 Å². The lowest BCUT2D eigenvalue weighted by Gasteiger charge is -2.04. The smallest absolute Gasteiger partial charge is 0.283 e. The van der Waals surface area contributed by atoms with Crippen molar-refractivity contribution in [3.63, 3.8) is 0 Å². The van der Waals surface area contributed by atoms with E-state index in [0.717, 1.165) is 29.0 Å². The predicted molar refractivity (Wildman–Crippen MR) is 110 cm³/mol. The summed E-state index contributed by atoms with van der Waals surface area (Å²) in [6.07, 6.45) is 2.63. The summed E-state index contributed by atoms with van der Waals surface area (Å²) in [5.41, 5.74) is 3.01. The van der Waals surface area contributed by atoms with Crippen molar-refractivity contribution >= 4 is 39.8 Å². The number of nitrogens with zero attached hydrogens (tertiary/aromatic N) is 2. The molecule has 1 N–H and O–H groups in total. The molecule has 0 radical (unpaired) electrons. The van der Waals surface area contributed by atoms with Crippen molar-refractivity contribution in [2.75, 3.05) is 18.2 Å². The second kappa shape index (κ2) is 7.61. The minimum absolute atomic E-state index is 0.0830. The molecule has 2 heterocycles. The van der Waals surface area contributed by atoms with Gasteiger partial charge in [0.05, 0.1) is 22.1 Å². The summed E-state index contributed by atoms with van der Waals surface area (Å²) in [7, 11) is 0. The van der Waals surface area contributed by atoms with E-state index in [4.69, 9.17) is 4.74 Å². The number of aromatic nitrogens is 1. The number of carbonyl (C=O) groups excluding carboxylic acids is 1. The van der Waals surface area contributed by atoms with Gasteiger partial charge in [-0.15, -0.1) is 23.1 Å². The summed E-state index contributed by atoms with van der Waals surface area (Å²) in [5, 5.41) is 16.2. The molecule has 0 bridgehead atoms. The van der Waals surface area contributed by atoms with Crippen molar-refractivity contribution < 1.29 is 14.5 Å². The summed E-state index contributed by atoms with van der Waals surface area (Å²) in [5.74, 6) is 0.474. The van der Waals surface area contributed by atoms with Gasteiger partial charge in [-0.2, -0.15) is 0 Å². The molecule has 7 nitrogen and oxygen atoms in total. The minimum atomic E-state index is -0.484. The zero-order valence-corrected chi connectivity index (χ0v) is 16.4. The molecule has 3 aromatic rings. The van der Waals surface area contributed by atoms with E-state index < -0.39 is 10.8 Å². The van der Waals surface area contributed by atoms with E-state index in [9.17, 15) is 14.9 Å². The largest absolute Gasteiger partial charge is 0.493 e. The number of hydrogen-bond donors (Lipinski definition) is 1. The average Bonchev–Trinajstić information content (AvgIpc) is 3.35. The van der Waals surface area contributed by atoms with Crippen molar-refractivity contribution in [3.8, 4) is 17.0 Å². The molecule has 0 saturated heterocycles. The number of benzene rings is 2. The van der Waals surface area contributed by atoms with Gasteiger partial charge in [0.2, 0.25) is 0 Å². The Morgan fingerprint density at radius 3 is 2.96 bits per heavy atom. The molecule has 0 fully saturated rings. The summed E-state index contributed by atoms with van der Waals surface area (Å²) in [4.78, 5) is 28.2. The maximum atomic E-state index is 12.5. The van der Waals surface area contributed by atoms with E-state index >= 15 is 0 Å². The fourth-order valence-corrected chi connectivity index (χ4v) is 4.21. The van der Waals surface area contributed by atoms with Crippen LogP contribution < -0.4 is 10.1 Å². The van der Waals surface area contributed by atoms with Gasteiger partial charge in [-0.25, -0.2) is 4.98 Å². The van der Waals surface area contributed by atoms with E-state index in [2.05, 4.69) is 10.3 Å². The van der Waals surface area contributed by atoms with Crippen LogP contribution in [-0.4, -0.2) is 28.7 Å². The van der Waals surface area contributed by atoms with Gasteiger partial charge in [0.25, 0.3) is 11.6 Å². The van der Waals surface area contributed by atoms with Crippen LogP contribution in [0.4, 0.5) is 10.8 Å². The third-order valence-electron chi connectivity index (χ3n) is 4.35. The second-order valence-electron chi connectivity index (χ2n) is 6.06. The lowest BCUT2D eigenvalue weighted by Crippen LogP contribution is -2.12. The lowest BCUT2D eigenvalue weighted by molar-refractivity contribution is -0.387. The Morgan fingerprint density at radius 1 is 1.32 bits per heavy atom. The molecule has 1 amide bonds. The Hall–Kier alpha value is -2.91. The van der Waals surface area contributed by atoms with Crippen LogP contribution in [0.1, 0.15) is 15.9 Å². The topological polar surface area (TPSA) is 94.4 Å². The predicted octanol–water partition coefficient (Wildman–Crippen LogP) is 4.63. The van der Waals surface area contributed by atoms with E-state index in [1.807, 2.05) is 23.6 Å². The van der Waals surface area contributed by atoms with Crippen molar-refractivity contribution in [3.05, 3.63) is 63.0 Å². The van der Waals surface area contributed by atoms with Crippen molar-refractivity contribution in [1.29, 1.82) is 0 Å². The number of amides is 1. The van der Waals surface area contributed by atoms with Gasteiger partial charge in [0.1, 0.15) is 5.75 Å². The molecule has 0 atom stereocenters. The highest BCUT2D eigenvalue weighted by Crippen LogP contribution is 2.32. The molecule has 1 aromatic heterocycles. The first-order chi connectivity index (χ1) is 13.5. The number of fused-ring (bicyclic) bond motifs is 1. The fraction of sp³-hybridized carbons (Fsp3) is 0.158. The summed E-state index contributed by atoms with van der Waals surface area (Å²) >= 11 is 2.57. The number of hydrogen-bond acceptors (Lipinski definition) is 7. The molecule has 2 aromatic carbocycles. The Balaban J connectivity index is 1.53. The fourth-order valence-electron chi connectivity index (χ4n) is 2.95. The normalized spacial score (nSPS) is 12.3. The minimum Gasteiger partial charge on any atom is -0.493 e. The molecule has 0 saturated carbocycles. The van der Waals surface area contributed by atoms with Gasteiger partial charge in [-0.05, 0) is 42.2 Å². The van der Waals surface area contributed by atoms with Crippen LogP contribution in [-0.2, 0) is 6.42 Å². The number of rotatable bonds is 5. The molecule has 0 spiro atoms. The highest BCUT2D eigenvalue weighted by molar-refractivity contribution is 7.98. The van der Waals surface area contributed by atoms with Crippen LogP contribution in [0.3, 0.4) is 0 Å². The van der Waals surface area contributed by atoms with Gasteiger partial charge < -0.3 is 4.74 Å². The third-order valence-corrected chi connectivity index (χ3v) is 5.89. The molecule has 9 heteroatoms. The van der Waals surface area contributed by atoms with Gasteiger partial charge in [0.15, 0.2) is 5.13 Å². The first-order valence-corrected chi connectivity index (χ1v) is 10.5. The molecule has 0 unspecified atom stereocenters. The summed E-state index contributed by atoms with van der Waals surface area (Å²) in [6.45, 7) is 0.693. The number of nitro groups is 1. The van der Waals surface area contributed by atoms with Crippen LogP contribution >= 0.6 is 23.1 Å². The quantitative estimate of drug-likeness (QED) is 0.372. The summed E-state index contributed by atoms with van der Waals surface area (Å²) in [6, 6.07) is 10.4. The molecule has 28 heavy (non-hydrogen) atoms. The molecule has 142 valence electrons. The summed E-state index contributed by atoms with van der Waals surface area (Å²) < 4.78 is 5.51. The van der Waals surface area contributed by atoms with Crippen LogP contribution in [0.5, 0.6) is 5.75 Å². The standard InChI is InChI=1S/C19H15N3O4S2/c1-27-17-5-3-13(9-15(17)22(24)25)18(23)21-19-20-14(10-28-19)11-2-4-16-12(8-11)6-7-26-16/h2-5,8-10H,6-7H2,1H3,(H,20,21,23). The zero-order chi connectivity index (χ0) is 19.7.